The predicted molar refractivity (Wildman–Crippen MR) is 79.7 cm³/mol. The summed E-state index contributed by atoms with van der Waals surface area (Å²) in [6.45, 7) is 12.3. The topological polar surface area (TPSA) is 36.9 Å². The van der Waals surface area contributed by atoms with E-state index in [0.29, 0.717) is 13.2 Å². The van der Waals surface area contributed by atoms with Crippen molar-refractivity contribution in [3.63, 3.8) is 0 Å². The van der Waals surface area contributed by atoms with Crippen LogP contribution in [0.15, 0.2) is 25.3 Å². The first-order valence-electron chi connectivity index (χ1n) is 7.07. The van der Waals surface area contributed by atoms with Gasteiger partial charge in [0.15, 0.2) is 0 Å². The summed E-state index contributed by atoms with van der Waals surface area (Å²) in [5.41, 5.74) is 0. The minimum atomic E-state index is -3.28. The van der Waals surface area contributed by atoms with Gasteiger partial charge in [-0.05, 0) is 0 Å². The minimum absolute atomic E-state index is 0.377. The van der Waals surface area contributed by atoms with Crippen molar-refractivity contribution in [2.24, 2.45) is 0 Å². The molecular weight excluding hydrogens is 351 g/mol. The van der Waals surface area contributed by atoms with Gasteiger partial charge in [-0.1, -0.05) is 0 Å². The van der Waals surface area contributed by atoms with Gasteiger partial charge in [0.05, 0.1) is 0 Å². The molecule has 0 atom stereocenters. The van der Waals surface area contributed by atoms with Gasteiger partial charge in [-0.3, -0.25) is 0 Å². The van der Waals surface area contributed by atoms with Crippen molar-refractivity contribution in [3.05, 3.63) is 25.3 Å². The summed E-state index contributed by atoms with van der Waals surface area (Å²) in [4.78, 5) is 10.4. The molecule has 0 unspecified atom stereocenters. The quantitative estimate of drug-likeness (QED) is 0.148. The van der Waals surface area contributed by atoms with Gasteiger partial charge in [0.2, 0.25) is 0 Å². The second-order valence-corrected chi connectivity index (χ2v) is 13.4. The molecule has 0 rings (SSSR count). The van der Waals surface area contributed by atoms with Gasteiger partial charge < -0.3 is 0 Å². The van der Waals surface area contributed by atoms with E-state index in [2.05, 4.69) is 27.0 Å². The third-order valence-corrected chi connectivity index (χ3v) is 11.4. The van der Waals surface area contributed by atoms with Crippen LogP contribution in [0.25, 0.3) is 0 Å². The van der Waals surface area contributed by atoms with Crippen molar-refractivity contribution in [2.45, 2.75) is 48.4 Å². The van der Waals surface area contributed by atoms with Crippen molar-refractivity contribution in [1.82, 2.24) is 0 Å². The molecule has 0 saturated heterocycles. The van der Waals surface area contributed by atoms with E-state index in [1.165, 1.54) is 0 Å². The zero-order chi connectivity index (χ0) is 14.4. The van der Waals surface area contributed by atoms with Crippen molar-refractivity contribution < 1.29 is 16.2 Å². The molecular formula is C14H28O4Sn. The van der Waals surface area contributed by atoms with Crippen molar-refractivity contribution in [3.8, 4) is 0 Å². The summed E-state index contributed by atoms with van der Waals surface area (Å²) in [5.74, 6) is 0. The summed E-state index contributed by atoms with van der Waals surface area (Å²) in [7, 11) is 0. The third-order valence-electron chi connectivity index (χ3n) is 2.62. The van der Waals surface area contributed by atoms with Gasteiger partial charge in [-0.2, -0.15) is 0 Å². The normalized spacial score (nSPS) is 11.5. The Balaban J connectivity index is 4.51. The fraction of sp³-hybridized carbons (Fsp3) is 0.714. The molecule has 19 heavy (non-hydrogen) atoms. The summed E-state index contributed by atoms with van der Waals surface area (Å²) in [6.07, 6.45) is 7.71. The fourth-order valence-electron chi connectivity index (χ4n) is 1.58. The van der Waals surface area contributed by atoms with Crippen LogP contribution in [0.3, 0.4) is 0 Å². The maximum absolute atomic E-state index is 5.68. The summed E-state index contributed by atoms with van der Waals surface area (Å²) < 4.78 is 13.2. The Labute approximate surface area is 122 Å². The summed E-state index contributed by atoms with van der Waals surface area (Å²) >= 11 is -3.28. The van der Waals surface area contributed by atoms with Gasteiger partial charge in [0.1, 0.15) is 0 Å². The first-order valence-corrected chi connectivity index (χ1v) is 13.4. The molecule has 0 aliphatic heterocycles. The van der Waals surface area contributed by atoms with Gasteiger partial charge in [-0.25, -0.2) is 0 Å². The summed E-state index contributed by atoms with van der Waals surface area (Å²) in [5, 5.41) is 0. The van der Waals surface area contributed by atoms with Crippen LogP contribution < -0.4 is 0 Å². The molecule has 0 radical (unpaired) electrons. The molecule has 0 N–H and O–H groups in total. The molecule has 0 heterocycles. The van der Waals surface area contributed by atoms with Crippen LogP contribution >= 0.6 is 0 Å². The Bertz CT molecular complexity index is 209. The van der Waals surface area contributed by atoms with Gasteiger partial charge in [0.25, 0.3) is 0 Å². The van der Waals surface area contributed by atoms with Gasteiger partial charge in [0, 0.05) is 0 Å². The van der Waals surface area contributed by atoms with E-state index in [-0.39, 0.29) is 0 Å². The molecule has 112 valence electrons. The van der Waals surface area contributed by atoms with Crippen LogP contribution in [0.4, 0.5) is 0 Å². The van der Waals surface area contributed by atoms with Crippen LogP contribution in [-0.4, -0.2) is 32.4 Å². The monoisotopic (exact) mass is 380 g/mol. The number of unbranched alkanes of at least 4 members (excludes halogenated alkanes) is 2. The molecule has 0 aliphatic carbocycles. The molecule has 0 aromatic carbocycles. The van der Waals surface area contributed by atoms with Crippen LogP contribution in [0.1, 0.15) is 39.5 Å². The van der Waals surface area contributed by atoms with Crippen molar-refractivity contribution in [2.75, 3.05) is 13.2 Å². The first kappa shape index (κ1) is 19.1. The van der Waals surface area contributed by atoms with E-state index in [0.717, 1.165) is 34.6 Å². The molecule has 0 amide bonds. The van der Waals surface area contributed by atoms with E-state index in [1.54, 1.807) is 12.2 Å². The van der Waals surface area contributed by atoms with E-state index >= 15 is 0 Å². The molecule has 0 fully saturated rings. The maximum atomic E-state index is 5.68. The van der Waals surface area contributed by atoms with Crippen LogP contribution in [0, 0.1) is 0 Å². The number of hydrogen-bond donors (Lipinski definition) is 0. The average Bonchev–Trinajstić information content (AvgIpc) is 2.43. The Morgan fingerprint density at radius 1 is 0.842 bits per heavy atom. The second kappa shape index (κ2) is 13.1. The Morgan fingerprint density at radius 2 is 1.26 bits per heavy atom. The van der Waals surface area contributed by atoms with Crippen LogP contribution in [0.2, 0.25) is 8.87 Å². The SMILES string of the molecule is C=CCO[O][Sn]([CH2]CCC)([CH2]CCC)[O]OCC=C. The molecule has 0 aliphatic rings. The Morgan fingerprint density at radius 3 is 1.58 bits per heavy atom. The number of rotatable bonds is 14. The van der Waals surface area contributed by atoms with E-state index in [4.69, 9.17) is 16.2 Å². The molecule has 5 heteroatoms. The Hall–Kier alpha value is 0.119. The second-order valence-electron chi connectivity index (χ2n) is 4.43. The molecule has 0 aromatic rings. The fourth-order valence-corrected chi connectivity index (χ4v) is 10.0. The number of hydrogen-bond acceptors (Lipinski definition) is 4. The molecule has 0 spiro atoms. The first-order chi connectivity index (χ1) is 9.24. The standard InChI is InChI=1S/2C4H9.2C3H6O2.Sn/c2*1-3-4-2;2*1-2-3-5-4;/h2*1,3-4H2,2H3;2*2,4H,1,3H2;/q;;;;+2/p-2. The van der Waals surface area contributed by atoms with Gasteiger partial charge >= 0.3 is 122 Å². The predicted octanol–water partition coefficient (Wildman–Crippen LogP) is 4.30. The van der Waals surface area contributed by atoms with E-state index in [1.807, 2.05) is 0 Å². The van der Waals surface area contributed by atoms with Crippen molar-refractivity contribution >= 4 is 19.2 Å². The van der Waals surface area contributed by atoms with Crippen LogP contribution in [0.5, 0.6) is 0 Å². The van der Waals surface area contributed by atoms with E-state index in [9.17, 15) is 0 Å². The zero-order valence-corrected chi connectivity index (χ0v) is 15.2. The van der Waals surface area contributed by atoms with E-state index < -0.39 is 19.2 Å². The third kappa shape index (κ3) is 9.62. The molecule has 4 nitrogen and oxygen atoms in total. The van der Waals surface area contributed by atoms with Gasteiger partial charge in [-0.15, -0.1) is 0 Å². The van der Waals surface area contributed by atoms with Crippen LogP contribution in [-0.2, 0) is 16.2 Å². The molecule has 0 bridgehead atoms. The average molecular weight is 379 g/mol. The molecule has 0 aromatic heterocycles. The van der Waals surface area contributed by atoms with Crippen molar-refractivity contribution in [1.29, 1.82) is 0 Å². The zero-order valence-electron chi connectivity index (χ0n) is 12.4. The molecule has 0 saturated carbocycles. The Kier molecular flexibility index (Phi) is 13.2. The summed E-state index contributed by atoms with van der Waals surface area (Å²) in [6, 6.07) is 0.